The van der Waals surface area contributed by atoms with E-state index in [0.717, 1.165) is 11.1 Å². The number of thiophene rings is 1. The van der Waals surface area contributed by atoms with Crippen LogP contribution < -0.4 is 0 Å². The van der Waals surface area contributed by atoms with Crippen LogP contribution in [0, 0.1) is 13.8 Å². The minimum absolute atomic E-state index is 0.00937. The third-order valence-corrected chi connectivity index (χ3v) is 6.61. The van der Waals surface area contributed by atoms with E-state index in [1.54, 1.807) is 27.8 Å². The zero-order chi connectivity index (χ0) is 22.0. The second-order valence-corrected chi connectivity index (χ2v) is 8.71. The van der Waals surface area contributed by atoms with Crippen molar-refractivity contribution in [3.63, 3.8) is 0 Å². The number of piperazine rings is 1. The third kappa shape index (κ3) is 4.54. The van der Waals surface area contributed by atoms with Gasteiger partial charge in [0.25, 0.3) is 0 Å². The van der Waals surface area contributed by atoms with Gasteiger partial charge in [0.15, 0.2) is 0 Å². The number of carbonyl (C=O) groups is 2. The van der Waals surface area contributed by atoms with Crippen LogP contribution >= 0.6 is 11.3 Å². The van der Waals surface area contributed by atoms with Crippen molar-refractivity contribution in [3.8, 4) is 10.4 Å². The highest BCUT2D eigenvalue weighted by Gasteiger charge is 2.37. The molecule has 7 nitrogen and oxygen atoms in total. The Morgan fingerprint density at radius 1 is 1.19 bits per heavy atom. The summed E-state index contributed by atoms with van der Waals surface area (Å²) in [7, 11) is 0. The van der Waals surface area contributed by atoms with Gasteiger partial charge in [0.2, 0.25) is 11.8 Å². The monoisotopic (exact) mass is 437 g/mol. The average Bonchev–Trinajstić information content (AvgIpc) is 3.39. The van der Waals surface area contributed by atoms with Crippen molar-refractivity contribution in [2.45, 2.75) is 39.8 Å². The highest BCUT2D eigenvalue weighted by molar-refractivity contribution is 7.13. The van der Waals surface area contributed by atoms with Crippen LogP contribution in [0.25, 0.3) is 10.4 Å². The molecule has 0 aliphatic carbocycles. The summed E-state index contributed by atoms with van der Waals surface area (Å²) in [6.07, 6.45) is 0.496. The lowest BCUT2D eigenvalue weighted by atomic mass is 9.99. The van der Waals surface area contributed by atoms with Crippen molar-refractivity contribution in [1.82, 2.24) is 24.6 Å². The third-order valence-electron chi connectivity index (χ3n) is 5.70. The Morgan fingerprint density at radius 3 is 2.71 bits per heavy atom. The first-order valence-corrected chi connectivity index (χ1v) is 11.4. The van der Waals surface area contributed by atoms with Gasteiger partial charge in [-0.25, -0.2) is 9.67 Å². The first kappa shape index (κ1) is 21.2. The molecule has 1 aliphatic heterocycles. The molecular formula is C23H27N5O2S. The fourth-order valence-corrected chi connectivity index (χ4v) is 4.82. The Morgan fingerprint density at radius 2 is 2.03 bits per heavy atom. The van der Waals surface area contributed by atoms with Crippen LogP contribution in [-0.2, 0) is 22.6 Å². The summed E-state index contributed by atoms with van der Waals surface area (Å²) >= 11 is 1.69. The minimum Gasteiger partial charge on any atom is -0.339 e. The molecule has 0 radical (unpaired) electrons. The molecule has 162 valence electrons. The van der Waals surface area contributed by atoms with Gasteiger partial charge in [-0.2, -0.15) is 5.10 Å². The van der Waals surface area contributed by atoms with E-state index in [1.807, 2.05) is 36.9 Å². The van der Waals surface area contributed by atoms with Gasteiger partial charge in [-0.3, -0.25) is 9.59 Å². The molecular weight excluding hydrogens is 410 g/mol. The van der Waals surface area contributed by atoms with Gasteiger partial charge < -0.3 is 9.80 Å². The zero-order valence-corrected chi connectivity index (χ0v) is 18.9. The lowest BCUT2D eigenvalue weighted by Crippen LogP contribution is -2.59. The Balaban J connectivity index is 1.58. The van der Waals surface area contributed by atoms with Crippen LogP contribution in [0.15, 0.2) is 41.8 Å². The molecule has 2 aromatic heterocycles. The topological polar surface area (TPSA) is 71.3 Å². The van der Waals surface area contributed by atoms with Crippen LogP contribution in [0.5, 0.6) is 0 Å². The lowest BCUT2D eigenvalue weighted by molar-refractivity contribution is -0.151. The van der Waals surface area contributed by atoms with Crippen LogP contribution in [0.1, 0.15) is 24.1 Å². The number of hydrogen-bond acceptors (Lipinski definition) is 5. The average molecular weight is 438 g/mol. The number of likely N-dealkylation sites (N-methyl/N-ethyl adjacent to an activating group) is 1. The molecule has 1 aliphatic rings. The normalized spacial score (nSPS) is 16.7. The molecule has 1 aromatic carbocycles. The Hall–Kier alpha value is -3.00. The van der Waals surface area contributed by atoms with E-state index in [9.17, 15) is 9.59 Å². The Labute approximate surface area is 186 Å². The van der Waals surface area contributed by atoms with Crippen LogP contribution in [0.3, 0.4) is 0 Å². The van der Waals surface area contributed by atoms with Gasteiger partial charge in [-0.1, -0.05) is 30.3 Å². The number of hydrogen-bond donors (Lipinski definition) is 0. The number of rotatable bonds is 6. The van der Waals surface area contributed by atoms with E-state index in [-0.39, 0.29) is 18.4 Å². The molecule has 2 amide bonds. The number of amides is 2. The van der Waals surface area contributed by atoms with Crippen molar-refractivity contribution >= 4 is 23.2 Å². The molecule has 8 heteroatoms. The summed E-state index contributed by atoms with van der Waals surface area (Å²) in [6, 6.07) is 11.9. The molecule has 1 fully saturated rings. The second-order valence-electron chi connectivity index (χ2n) is 7.77. The van der Waals surface area contributed by atoms with Gasteiger partial charge in [-0.15, -0.1) is 11.3 Å². The number of aromatic nitrogens is 3. The van der Waals surface area contributed by atoms with Crippen molar-refractivity contribution < 1.29 is 9.59 Å². The highest BCUT2D eigenvalue weighted by Crippen LogP contribution is 2.26. The standard InChI is InChI=1S/C23H27N5O2S/c1-4-26-10-11-27(22(29)15-28-17(3)24-16(2)25-28)20(23(26)30)14-18-7-5-8-19(13-18)21-9-6-12-31-21/h5-9,12-13,20H,4,10-11,14-15H2,1-3H3/t20-/m0/s1. The van der Waals surface area contributed by atoms with Crippen molar-refractivity contribution in [2.75, 3.05) is 19.6 Å². The van der Waals surface area contributed by atoms with Crippen molar-refractivity contribution in [3.05, 3.63) is 59.0 Å². The molecule has 0 N–H and O–H groups in total. The van der Waals surface area contributed by atoms with E-state index in [0.29, 0.717) is 37.7 Å². The molecule has 0 saturated carbocycles. The molecule has 3 heterocycles. The maximum Gasteiger partial charge on any atom is 0.245 e. The molecule has 0 spiro atoms. The minimum atomic E-state index is -0.510. The van der Waals surface area contributed by atoms with Crippen LogP contribution in [-0.4, -0.2) is 62.1 Å². The van der Waals surface area contributed by atoms with E-state index < -0.39 is 6.04 Å². The van der Waals surface area contributed by atoms with Gasteiger partial charge in [0.05, 0.1) is 0 Å². The maximum absolute atomic E-state index is 13.2. The summed E-state index contributed by atoms with van der Waals surface area (Å²) < 4.78 is 1.61. The number of aryl methyl sites for hydroxylation is 2. The lowest BCUT2D eigenvalue weighted by Gasteiger charge is -2.40. The second kappa shape index (κ2) is 9.01. The molecule has 0 bridgehead atoms. The van der Waals surface area contributed by atoms with Crippen LogP contribution in [0.2, 0.25) is 0 Å². The van der Waals surface area contributed by atoms with E-state index in [4.69, 9.17) is 0 Å². The smallest absolute Gasteiger partial charge is 0.245 e. The van der Waals surface area contributed by atoms with Crippen LogP contribution in [0.4, 0.5) is 0 Å². The summed E-state index contributed by atoms with van der Waals surface area (Å²) in [5.41, 5.74) is 2.18. The molecule has 0 unspecified atom stereocenters. The zero-order valence-electron chi connectivity index (χ0n) is 18.1. The van der Waals surface area contributed by atoms with E-state index in [2.05, 4.69) is 33.7 Å². The predicted molar refractivity (Wildman–Crippen MR) is 121 cm³/mol. The van der Waals surface area contributed by atoms with Gasteiger partial charge >= 0.3 is 0 Å². The maximum atomic E-state index is 13.2. The Bertz CT molecular complexity index is 1080. The molecule has 1 atom stereocenters. The fraction of sp³-hybridized carbons (Fsp3) is 0.391. The molecule has 3 aromatic rings. The SMILES string of the molecule is CCN1CCN(C(=O)Cn2nc(C)nc2C)[C@@H](Cc2cccc(-c3cccs3)c2)C1=O. The summed E-state index contributed by atoms with van der Waals surface area (Å²) in [6.45, 7) is 7.45. The number of nitrogens with zero attached hydrogens (tertiary/aromatic N) is 5. The Kier molecular flexibility index (Phi) is 6.18. The van der Waals surface area contributed by atoms with Crippen molar-refractivity contribution in [2.24, 2.45) is 0 Å². The van der Waals surface area contributed by atoms with E-state index >= 15 is 0 Å². The molecule has 1 saturated heterocycles. The summed E-state index contributed by atoms with van der Waals surface area (Å²) in [4.78, 5) is 35.4. The first-order valence-electron chi connectivity index (χ1n) is 10.6. The summed E-state index contributed by atoms with van der Waals surface area (Å²) in [5, 5.41) is 6.36. The molecule has 31 heavy (non-hydrogen) atoms. The largest absolute Gasteiger partial charge is 0.339 e. The number of carbonyl (C=O) groups excluding carboxylic acids is 2. The quantitative estimate of drug-likeness (QED) is 0.595. The number of benzene rings is 1. The van der Waals surface area contributed by atoms with Gasteiger partial charge in [-0.05, 0) is 43.3 Å². The first-order chi connectivity index (χ1) is 15.0. The highest BCUT2D eigenvalue weighted by atomic mass is 32.1. The predicted octanol–water partition coefficient (Wildman–Crippen LogP) is 2.93. The summed E-state index contributed by atoms with van der Waals surface area (Å²) in [5.74, 6) is 1.25. The van der Waals surface area contributed by atoms with Crippen molar-refractivity contribution in [1.29, 1.82) is 0 Å². The van der Waals surface area contributed by atoms with E-state index in [1.165, 1.54) is 4.88 Å². The van der Waals surface area contributed by atoms with Gasteiger partial charge in [0, 0.05) is 30.9 Å². The molecule has 4 rings (SSSR count). The van der Waals surface area contributed by atoms with Gasteiger partial charge in [0.1, 0.15) is 24.2 Å². The fourth-order valence-electron chi connectivity index (χ4n) is 4.10.